The predicted molar refractivity (Wildman–Crippen MR) is 66.3 cm³/mol. The molecule has 2 N–H and O–H groups in total. The number of rotatable bonds is 4. The Morgan fingerprint density at radius 3 is 2.39 bits per heavy atom. The van der Waals surface area contributed by atoms with Crippen LogP contribution in [0.25, 0.3) is 0 Å². The van der Waals surface area contributed by atoms with Crippen molar-refractivity contribution in [2.45, 2.75) is 51.3 Å². The lowest BCUT2D eigenvalue weighted by Crippen LogP contribution is -2.49. The first-order valence-electron chi connectivity index (χ1n) is 6.36. The zero-order valence-electron chi connectivity index (χ0n) is 11.2. The third-order valence-corrected chi connectivity index (χ3v) is 3.60. The number of hydrogen-bond acceptors (Lipinski definition) is 3. The first-order chi connectivity index (χ1) is 8.42. The molecule has 104 valence electrons. The number of likely N-dealkylation sites (tertiary alicyclic amines) is 1. The quantitative estimate of drug-likeness (QED) is 0.779. The van der Waals surface area contributed by atoms with Crippen molar-refractivity contribution in [2.24, 2.45) is 0 Å². The average Bonchev–Trinajstić information content (AvgIpc) is 2.72. The van der Waals surface area contributed by atoms with Gasteiger partial charge in [-0.1, -0.05) is 13.8 Å². The number of aliphatic hydroxyl groups is 1. The summed E-state index contributed by atoms with van der Waals surface area (Å²) in [5.74, 6) is -1.06. The van der Waals surface area contributed by atoms with Gasteiger partial charge in [0.05, 0.1) is 6.10 Å². The van der Waals surface area contributed by atoms with E-state index in [4.69, 9.17) is 5.11 Å². The molecule has 0 bridgehead atoms. The lowest BCUT2D eigenvalue weighted by molar-refractivity contribution is -0.141. The Balaban J connectivity index is 2.78. The van der Waals surface area contributed by atoms with Crippen LogP contribution in [0.4, 0.5) is 4.79 Å². The predicted octanol–water partition coefficient (Wildman–Crippen LogP) is 0.747. The zero-order valence-corrected chi connectivity index (χ0v) is 11.2. The summed E-state index contributed by atoms with van der Waals surface area (Å²) in [7, 11) is 1.68. The zero-order chi connectivity index (χ0) is 13.9. The molecule has 1 rings (SSSR count). The largest absolute Gasteiger partial charge is 0.480 e. The number of carbonyl (C=O) groups excluding carboxylic acids is 1. The van der Waals surface area contributed by atoms with Crippen molar-refractivity contribution in [1.29, 1.82) is 0 Å². The maximum Gasteiger partial charge on any atom is 0.326 e. The molecule has 2 amide bonds. The lowest BCUT2D eigenvalue weighted by atomic mass is 10.1. The van der Waals surface area contributed by atoms with Crippen molar-refractivity contribution in [3.63, 3.8) is 0 Å². The van der Waals surface area contributed by atoms with Crippen molar-refractivity contribution in [2.75, 3.05) is 13.6 Å². The number of carbonyl (C=O) groups is 2. The molecule has 1 heterocycles. The summed E-state index contributed by atoms with van der Waals surface area (Å²) in [6.45, 7) is 4.08. The summed E-state index contributed by atoms with van der Waals surface area (Å²) >= 11 is 0. The van der Waals surface area contributed by atoms with Crippen LogP contribution in [0.3, 0.4) is 0 Å². The third kappa shape index (κ3) is 2.93. The molecule has 0 spiro atoms. The molecule has 2 unspecified atom stereocenters. The van der Waals surface area contributed by atoms with Gasteiger partial charge in [-0.25, -0.2) is 9.59 Å². The van der Waals surface area contributed by atoms with E-state index in [9.17, 15) is 14.7 Å². The summed E-state index contributed by atoms with van der Waals surface area (Å²) in [4.78, 5) is 26.1. The Morgan fingerprint density at radius 1 is 1.39 bits per heavy atom. The molecule has 18 heavy (non-hydrogen) atoms. The van der Waals surface area contributed by atoms with E-state index in [2.05, 4.69) is 0 Å². The second-order valence-corrected chi connectivity index (χ2v) is 4.76. The van der Waals surface area contributed by atoms with Gasteiger partial charge in [0, 0.05) is 26.1 Å². The average molecular weight is 258 g/mol. The summed E-state index contributed by atoms with van der Waals surface area (Å²) < 4.78 is 0. The van der Waals surface area contributed by atoms with Crippen molar-refractivity contribution in [3.05, 3.63) is 0 Å². The molecule has 1 aliphatic rings. The minimum Gasteiger partial charge on any atom is -0.480 e. The molecule has 1 saturated heterocycles. The van der Waals surface area contributed by atoms with Gasteiger partial charge in [-0.05, 0) is 12.8 Å². The molecule has 0 aromatic carbocycles. The number of nitrogens with zero attached hydrogens (tertiary/aromatic N) is 2. The molecule has 0 aliphatic carbocycles. The van der Waals surface area contributed by atoms with E-state index in [1.54, 1.807) is 11.9 Å². The number of β-amino-alcohol motifs (C(OH)–C–C–N with tert-alkyl or cyclic N) is 1. The maximum absolute atomic E-state index is 12.2. The standard InChI is InChI=1S/C12H22N2O4/c1-4-8(5-2)13(3)12(18)14-7-9(15)6-10(14)11(16)17/h8-10,15H,4-7H2,1-3H3,(H,16,17). The van der Waals surface area contributed by atoms with Crippen LogP contribution in [0.5, 0.6) is 0 Å². The Kier molecular flexibility index (Phi) is 4.95. The van der Waals surface area contributed by atoms with Crippen LogP contribution in [0, 0.1) is 0 Å². The van der Waals surface area contributed by atoms with Crippen LogP contribution in [0.1, 0.15) is 33.1 Å². The molecule has 0 aromatic rings. The van der Waals surface area contributed by atoms with E-state index in [0.717, 1.165) is 12.8 Å². The minimum absolute atomic E-state index is 0.0975. The molecular formula is C12H22N2O4. The topological polar surface area (TPSA) is 81.1 Å². The SMILES string of the molecule is CCC(CC)N(C)C(=O)N1CC(O)CC1C(=O)O. The van der Waals surface area contributed by atoms with Gasteiger partial charge in [0.1, 0.15) is 6.04 Å². The van der Waals surface area contributed by atoms with Crippen LogP contribution in [-0.2, 0) is 4.79 Å². The normalized spacial score (nSPS) is 23.5. The fraction of sp³-hybridized carbons (Fsp3) is 0.833. The summed E-state index contributed by atoms with van der Waals surface area (Å²) in [6.07, 6.45) is 1.02. The second-order valence-electron chi connectivity index (χ2n) is 4.76. The van der Waals surface area contributed by atoms with Gasteiger partial charge in [0.2, 0.25) is 0 Å². The molecule has 0 aromatic heterocycles. The summed E-state index contributed by atoms with van der Waals surface area (Å²) in [5.41, 5.74) is 0. The van der Waals surface area contributed by atoms with Gasteiger partial charge in [-0.15, -0.1) is 0 Å². The monoisotopic (exact) mass is 258 g/mol. The van der Waals surface area contributed by atoms with Crippen LogP contribution < -0.4 is 0 Å². The highest BCUT2D eigenvalue weighted by Gasteiger charge is 2.40. The Bertz CT molecular complexity index is 317. The molecule has 1 fully saturated rings. The van der Waals surface area contributed by atoms with Crippen LogP contribution in [0.15, 0.2) is 0 Å². The van der Waals surface area contributed by atoms with E-state index >= 15 is 0 Å². The molecule has 0 saturated carbocycles. The summed E-state index contributed by atoms with van der Waals surface area (Å²) in [6, 6.07) is -1.12. The van der Waals surface area contributed by atoms with E-state index in [1.165, 1.54) is 4.90 Å². The fourth-order valence-electron chi connectivity index (χ4n) is 2.45. The first-order valence-corrected chi connectivity index (χ1v) is 6.36. The third-order valence-electron chi connectivity index (χ3n) is 3.60. The van der Waals surface area contributed by atoms with Crippen molar-refractivity contribution in [1.82, 2.24) is 9.80 Å². The van der Waals surface area contributed by atoms with Gasteiger partial charge < -0.3 is 20.0 Å². The number of aliphatic hydroxyl groups excluding tert-OH is 1. The number of amides is 2. The van der Waals surface area contributed by atoms with Crippen molar-refractivity contribution < 1.29 is 19.8 Å². The molecule has 6 heteroatoms. The van der Waals surface area contributed by atoms with E-state index in [0.29, 0.717) is 0 Å². The Labute approximate surface area is 107 Å². The van der Waals surface area contributed by atoms with E-state index in [1.807, 2.05) is 13.8 Å². The lowest BCUT2D eigenvalue weighted by Gasteiger charge is -2.32. The molecule has 1 aliphatic heterocycles. The summed E-state index contributed by atoms with van der Waals surface area (Å²) in [5, 5.41) is 18.6. The molecule has 0 radical (unpaired) electrons. The van der Waals surface area contributed by atoms with E-state index in [-0.39, 0.29) is 25.0 Å². The number of aliphatic carboxylic acids is 1. The van der Waals surface area contributed by atoms with E-state index < -0.39 is 18.1 Å². The van der Waals surface area contributed by atoms with Crippen molar-refractivity contribution in [3.8, 4) is 0 Å². The fourth-order valence-corrected chi connectivity index (χ4v) is 2.45. The van der Waals surface area contributed by atoms with Crippen LogP contribution in [0.2, 0.25) is 0 Å². The number of hydrogen-bond donors (Lipinski definition) is 2. The first kappa shape index (κ1) is 14.8. The van der Waals surface area contributed by atoms with Gasteiger partial charge >= 0.3 is 12.0 Å². The number of carboxylic acid groups (broad SMARTS) is 1. The highest BCUT2D eigenvalue weighted by atomic mass is 16.4. The number of carboxylic acids is 1. The Morgan fingerprint density at radius 2 is 1.94 bits per heavy atom. The smallest absolute Gasteiger partial charge is 0.326 e. The van der Waals surface area contributed by atoms with Gasteiger partial charge in [0.25, 0.3) is 0 Å². The molecule has 6 nitrogen and oxygen atoms in total. The highest BCUT2D eigenvalue weighted by molar-refractivity contribution is 5.83. The Hall–Kier alpha value is -1.30. The molecular weight excluding hydrogens is 236 g/mol. The maximum atomic E-state index is 12.2. The molecule has 2 atom stereocenters. The second kappa shape index (κ2) is 6.04. The van der Waals surface area contributed by atoms with Crippen LogP contribution >= 0.6 is 0 Å². The number of urea groups is 1. The van der Waals surface area contributed by atoms with Crippen molar-refractivity contribution >= 4 is 12.0 Å². The highest BCUT2D eigenvalue weighted by Crippen LogP contribution is 2.21. The van der Waals surface area contributed by atoms with Gasteiger partial charge in [0.15, 0.2) is 0 Å². The minimum atomic E-state index is -1.06. The van der Waals surface area contributed by atoms with Gasteiger partial charge in [-0.3, -0.25) is 0 Å². The van der Waals surface area contributed by atoms with Crippen LogP contribution in [-0.4, -0.2) is 63.8 Å². The van der Waals surface area contributed by atoms with Gasteiger partial charge in [-0.2, -0.15) is 0 Å².